The molecule has 1 atom stereocenters. The minimum absolute atomic E-state index is 0.224. The van der Waals surface area contributed by atoms with E-state index in [4.69, 9.17) is 4.74 Å². The van der Waals surface area contributed by atoms with E-state index in [0.29, 0.717) is 13.2 Å². The third-order valence-electron chi connectivity index (χ3n) is 3.35. The summed E-state index contributed by atoms with van der Waals surface area (Å²) >= 11 is 0. The second-order valence-electron chi connectivity index (χ2n) is 4.82. The molecule has 2 rings (SSSR count). The van der Waals surface area contributed by atoms with Gasteiger partial charge in [-0.2, -0.15) is 0 Å². The molecule has 1 amide bonds. The Balaban J connectivity index is 1.66. The van der Waals surface area contributed by atoms with Gasteiger partial charge >= 0.3 is 0 Å². The highest BCUT2D eigenvalue weighted by Gasteiger charge is 2.24. The van der Waals surface area contributed by atoms with Crippen molar-refractivity contribution in [2.24, 2.45) is 5.92 Å². The summed E-state index contributed by atoms with van der Waals surface area (Å²) in [5, 5.41) is 3.25. The maximum Gasteiger partial charge on any atom is 0.236 e. The first-order chi connectivity index (χ1) is 7.79. The summed E-state index contributed by atoms with van der Waals surface area (Å²) in [7, 11) is 0. The van der Waals surface area contributed by atoms with Gasteiger partial charge in [0.15, 0.2) is 0 Å². The van der Waals surface area contributed by atoms with Crippen LogP contribution in [-0.2, 0) is 9.53 Å². The molecule has 0 radical (unpaired) electrons. The topological polar surface area (TPSA) is 41.6 Å². The molecule has 1 N–H and O–H groups in total. The van der Waals surface area contributed by atoms with E-state index in [1.807, 2.05) is 4.90 Å². The van der Waals surface area contributed by atoms with Crippen molar-refractivity contribution in [1.29, 1.82) is 0 Å². The Labute approximate surface area is 97.3 Å². The lowest BCUT2D eigenvalue weighted by atomic mass is 10.2. The van der Waals surface area contributed by atoms with Crippen LogP contribution in [0.5, 0.6) is 0 Å². The van der Waals surface area contributed by atoms with Crippen molar-refractivity contribution in [1.82, 2.24) is 10.2 Å². The lowest BCUT2D eigenvalue weighted by molar-refractivity contribution is -0.137. The van der Waals surface area contributed by atoms with Gasteiger partial charge in [-0.15, -0.1) is 0 Å². The summed E-state index contributed by atoms with van der Waals surface area (Å²) in [4.78, 5) is 13.8. The highest BCUT2D eigenvalue weighted by Crippen LogP contribution is 2.27. The fourth-order valence-corrected chi connectivity index (χ4v) is 2.01. The minimum atomic E-state index is 0.224. The van der Waals surface area contributed by atoms with Crippen LogP contribution in [0, 0.1) is 5.92 Å². The van der Waals surface area contributed by atoms with E-state index in [9.17, 15) is 4.79 Å². The zero-order valence-electron chi connectivity index (χ0n) is 10.1. The Bertz CT molecular complexity index is 241. The fraction of sp³-hybridized carbons (Fsp3) is 0.917. The molecule has 1 saturated heterocycles. The number of nitrogens with zero attached hydrogens (tertiary/aromatic N) is 1. The molecule has 92 valence electrons. The third-order valence-corrected chi connectivity index (χ3v) is 3.35. The number of carbonyl (C=O) groups is 1. The molecule has 16 heavy (non-hydrogen) atoms. The lowest BCUT2D eigenvalue weighted by Gasteiger charge is -2.32. The highest BCUT2D eigenvalue weighted by atomic mass is 16.5. The van der Waals surface area contributed by atoms with Gasteiger partial charge in [-0.1, -0.05) is 6.92 Å². The molecule has 0 aromatic carbocycles. The van der Waals surface area contributed by atoms with Gasteiger partial charge in [0.2, 0.25) is 5.91 Å². The molecule has 1 heterocycles. The normalized spacial score (nSPS) is 25.8. The molecule has 4 nitrogen and oxygen atoms in total. The molecule has 0 spiro atoms. The average Bonchev–Trinajstić information content (AvgIpc) is 3.13. The van der Waals surface area contributed by atoms with E-state index in [2.05, 4.69) is 12.2 Å². The first-order valence-electron chi connectivity index (χ1n) is 6.39. The Morgan fingerprint density at radius 3 is 3.00 bits per heavy atom. The van der Waals surface area contributed by atoms with Crippen molar-refractivity contribution in [3.63, 3.8) is 0 Å². The van der Waals surface area contributed by atoms with Gasteiger partial charge in [-0.05, 0) is 31.7 Å². The van der Waals surface area contributed by atoms with Crippen LogP contribution in [0.25, 0.3) is 0 Å². The number of rotatable bonds is 5. The molecule has 2 fully saturated rings. The van der Waals surface area contributed by atoms with Gasteiger partial charge < -0.3 is 15.0 Å². The van der Waals surface area contributed by atoms with Crippen molar-refractivity contribution >= 4 is 5.91 Å². The van der Waals surface area contributed by atoms with E-state index in [-0.39, 0.29) is 12.0 Å². The summed E-state index contributed by atoms with van der Waals surface area (Å²) in [5.74, 6) is 1.06. The maximum atomic E-state index is 11.9. The molecule has 0 bridgehead atoms. The van der Waals surface area contributed by atoms with E-state index in [0.717, 1.165) is 32.0 Å². The number of amides is 1. The highest BCUT2D eigenvalue weighted by molar-refractivity contribution is 5.78. The van der Waals surface area contributed by atoms with Gasteiger partial charge in [-0.25, -0.2) is 0 Å². The lowest BCUT2D eigenvalue weighted by Crippen LogP contribution is -2.48. The smallest absolute Gasteiger partial charge is 0.236 e. The zero-order chi connectivity index (χ0) is 11.4. The molecular formula is C12H22N2O2. The molecule has 4 heteroatoms. The number of hydrogen-bond acceptors (Lipinski definition) is 3. The monoisotopic (exact) mass is 226 g/mol. The zero-order valence-corrected chi connectivity index (χ0v) is 10.1. The summed E-state index contributed by atoms with van der Waals surface area (Å²) in [6, 6.07) is 0. The van der Waals surface area contributed by atoms with Crippen LogP contribution in [-0.4, -0.2) is 49.7 Å². The van der Waals surface area contributed by atoms with Gasteiger partial charge in [0.05, 0.1) is 19.3 Å². The van der Waals surface area contributed by atoms with E-state index < -0.39 is 0 Å². The number of nitrogens with one attached hydrogen (secondary N) is 1. The average molecular weight is 226 g/mol. The van der Waals surface area contributed by atoms with Crippen molar-refractivity contribution in [2.75, 3.05) is 32.8 Å². The minimum Gasteiger partial charge on any atom is -0.375 e. The summed E-state index contributed by atoms with van der Waals surface area (Å²) < 4.78 is 5.55. The SMILES string of the molecule is CCC1CN(C(=O)CNCC2CC2)CCO1. The van der Waals surface area contributed by atoms with Crippen molar-refractivity contribution in [3.05, 3.63) is 0 Å². The van der Waals surface area contributed by atoms with Crippen LogP contribution in [0.2, 0.25) is 0 Å². The van der Waals surface area contributed by atoms with Crippen LogP contribution >= 0.6 is 0 Å². The summed E-state index contributed by atoms with van der Waals surface area (Å²) in [6.07, 6.45) is 3.88. The van der Waals surface area contributed by atoms with Crippen LogP contribution in [0.15, 0.2) is 0 Å². The summed E-state index contributed by atoms with van der Waals surface area (Å²) in [6.45, 7) is 5.80. The van der Waals surface area contributed by atoms with Crippen LogP contribution in [0.3, 0.4) is 0 Å². The van der Waals surface area contributed by atoms with Gasteiger partial charge in [0.1, 0.15) is 0 Å². The Kier molecular flexibility index (Phi) is 4.18. The Morgan fingerprint density at radius 1 is 1.50 bits per heavy atom. The number of carbonyl (C=O) groups excluding carboxylic acids is 1. The Hall–Kier alpha value is -0.610. The van der Waals surface area contributed by atoms with Gasteiger partial charge in [-0.3, -0.25) is 4.79 Å². The molecule has 1 aliphatic heterocycles. The number of hydrogen-bond donors (Lipinski definition) is 1. The van der Waals surface area contributed by atoms with Crippen molar-refractivity contribution in [2.45, 2.75) is 32.3 Å². The van der Waals surface area contributed by atoms with Crippen LogP contribution < -0.4 is 5.32 Å². The maximum absolute atomic E-state index is 11.9. The van der Waals surface area contributed by atoms with Crippen molar-refractivity contribution < 1.29 is 9.53 Å². The molecule has 1 unspecified atom stereocenters. The van der Waals surface area contributed by atoms with E-state index in [1.165, 1.54) is 12.8 Å². The molecular weight excluding hydrogens is 204 g/mol. The van der Waals surface area contributed by atoms with Crippen LogP contribution in [0.4, 0.5) is 0 Å². The first-order valence-corrected chi connectivity index (χ1v) is 6.39. The number of ether oxygens (including phenoxy) is 1. The Morgan fingerprint density at radius 2 is 2.31 bits per heavy atom. The fourth-order valence-electron chi connectivity index (χ4n) is 2.01. The molecule has 2 aliphatic rings. The first kappa shape index (κ1) is 11.9. The largest absolute Gasteiger partial charge is 0.375 e. The van der Waals surface area contributed by atoms with E-state index in [1.54, 1.807) is 0 Å². The third kappa shape index (κ3) is 3.46. The van der Waals surface area contributed by atoms with Crippen LogP contribution in [0.1, 0.15) is 26.2 Å². The molecule has 1 saturated carbocycles. The van der Waals surface area contributed by atoms with Gasteiger partial charge in [0, 0.05) is 13.1 Å². The number of morpholine rings is 1. The van der Waals surface area contributed by atoms with Gasteiger partial charge in [0.25, 0.3) is 0 Å². The predicted octanol–water partition coefficient (Wildman–Crippen LogP) is 0.623. The molecule has 1 aliphatic carbocycles. The summed E-state index contributed by atoms with van der Waals surface area (Å²) in [5.41, 5.74) is 0. The standard InChI is InChI=1S/C12H22N2O2/c1-2-11-9-14(5-6-16-11)12(15)8-13-7-10-3-4-10/h10-11,13H,2-9H2,1H3. The van der Waals surface area contributed by atoms with E-state index >= 15 is 0 Å². The second-order valence-corrected chi connectivity index (χ2v) is 4.82. The molecule has 0 aromatic heterocycles. The second kappa shape index (κ2) is 5.64. The predicted molar refractivity (Wildman–Crippen MR) is 62.2 cm³/mol. The molecule has 0 aromatic rings. The van der Waals surface area contributed by atoms with Crippen molar-refractivity contribution in [3.8, 4) is 0 Å². The quantitative estimate of drug-likeness (QED) is 0.747.